The van der Waals surface area contributed by atoms with Crippen molar-refractivity contribution in [2.45, 2.75) is 46.7 Å². The Bertz CT molecular complexity index is 1100. The summed E-state index contributed by atoms with van der Waals surface area (Å²) >= 11 is 6.21. The highest BCUT2D eigenvalue weighted by Gasteiger charge is 2.31. The van der Waals surface area contributed by atoms with Crippen LogP contribution in [0.5, 0.6) is 0 Å². The van der Waals surface area contributed by atoms with Gasteiger partial charge in [0.05, 0.1) is 11.9 Å². The Kier molecular flexibility index (Phi) is 9.31. The van der Waals surface area contributed by atoms with Crippen molar-refractivity contribution in [2.75, 3.05) is 23.7 Å². The van der Waals surface area contributed by atoms with E-state index >= 15 is 0 Å². The minimum Gasteiger partial charge on any atom is -0.355 e. The predicted molar refractivity (Wildman–Crippen MR) is 133 cm³/mol. The Morgan fingerprint density at radius 1 is 1.09 bits per heavy atom. The standard InChI is InChI=1S/C24H32ClN3O4S/c1-6-22(24(30)26-7-2)27(15-19-10-8-9-17(3)13-19)23(29)16-28(33(5,31)32)20-12-11-18(4)21(25)14-20/h8-14,22H,6-7,15-16H2,1-5H3,(H,26,30)/t22-/m1/s1. The van der Waals surface area contributed by atoms with Crippen molar-refractivity contribution in [2.24, 2.45) is 0 Å². The van der Waals surface area contributed by atoms with Crippen LogP contribution >= 0.6 is 11.6 Å². The molecule has 0 heterocycles. The van der Waals surface area contributed by atoms with Gasteiger partial charge in [-0.15, -0.1) is 0 Å². The van der Waals surface area contributed by atoms with Gasteiger partial charge in [0, 0.05) is 18.1 Å². The fourth-order valence-electron chi connectivity index (χ4n) is 3.57. The van der Waals surface area contributed by atoms with Crippen LogP contribution < -0.4 is 9.62 Å². The quantitative estimate of drug-likeness (QED) is 0.547. The summed E-state index contributed by atoms with van der Waals surface area (Å²) in [5.41, 5.74) is 2.97. The highest BCUT2D eigenvalue weighted by Crippen LogP contribution is 2.25. The first-order valence-corrected chi connectivity index (χ1v) is 13.1. The van der Waals surface area contributed by atoms with Gasteiger partial charge in [0.1, 0.15) is 12.6 Å². The number of carbonyl (C=O) groups excluding carboxylic acids is 2. The van der Waals surface area contributed by atoms with Crippen LogP contribution in [0.4, 0.5) is 5.69 Å². The highest BCUT2D eigenvalue weighted by molar-refractivity contribution is 7.92. The van der Waals surface area contributed by atoms with Crippen LogP contribution in [0.2, 0.25) is 5.02 Å². The number of sulfonamides is 1. The predicted octanol–water partition coefficient (Wildman–Crippen LogP) is 3.67. The molecule has 7 nitrogen and oxygen atoms in total. The first kappa shape index (κ1) is 26.7. The number of halogens is 1. The molecule has 0 radical (unpaired) electrons. The molecule has 2 aromatic carbocycles. The van der Waals surface area contributed by atoms with Gasteiger partial charge in [-0.1, -0.05) is 54.4 Å². The van der Waals surface area contributed by atoms with Crippen LogP contribution in [0.15, 0.2) is 42.5 Å². The lowest BCUT2D eigenvalue weighted by molar-refractivity contribution is -0.140. The Morgan fingerprint density at radius 2 is 1.79 bits per heavy atom. The molecule has 0 aromatic heterocycles. The summed E-state index contributed by atoms with van der Waals surface area (Å²) in [6.45, 7) is 7.56. The maximum Gasteiger partial charge on any atom is 0.244 e. The number of carbonyl (C=O) groups is 2. The number of amides is 2. The largest absolute Gasteiger partial charge is 0.355 e. The fourth-order valence-corrected chi connectivity index (χ4v) is 4.59. The van der Waals surface area contributed by atoms with Crippen LogP contribution in [-0.2, 0) is 26.2 Å². The first-order chi connectivity index (χ1) is 15.5. The smallest absolute Gasteiger partial charge is 0.244 e. The number of rotatable bonds is 10. The van der Waals surface area contributed by atoms with Gasteiger partial charge in [0.2, 0.25) is 21.8 Å². The third-order valence-electron chi connectivity index (χ3n) is 5.29. The molecule has 1 atom stereocenters. The van der Waals surface area contributed by atoms with Crippen molar-refractivity contribution < 1.29 is 18.0 Å². The summed E-state index contributed by atoms with van der Waals surface area (Å²) in [7, 11) is -3.79. The van der Waals surface area contributed by atoms with Gasteiger partial charge < -0.3 is 10.2 Å². The second-order valence-corrected chi connectivity index (χ2v) is 10.3. The van der Waals surface area contributed by atoms with Crippen molar-refractivity contribution in [3.8, 4) is 0 Å². The molecule has 0 bridgehead atoms. The SMILES string of the molecule is CCNC(=O)[C@@H](CC)N(Cc1cccc(C)c1)C(=O)CN(c1ccc(C)c(Cl)c1)S(C)(=O)=O. The van der Waals surface area contributed by atoms with E-state index in [9.17, 15) is 18.0 Å². The van der Waals surface area contributed by atoms with E-state index in [4.69, 9.17) is 11.6 Å². The molecule has 33 heavy (non-hydrogen) atoms. The van der Waals surface area contributed by atoms with Crippen LogP contribution in [0.3, 0.4) is 0 Å². The number of benzene rings is 2. The summed E-state index contributed by atoms with van der Waals surface area (Å²) < 4.78 is 26.2. The molecule has 0 spiro atoms. The maximum absolute atomic E-state index is 13.5. The minimum atomic E-state index is -3.79. The Labute approximate surface area is 201 Å². The maximum atomic E-state index is 13.5. The number of hydrogen-bond donors (Lipinski definition) is 1. The molecule has 0 unspecified atom stereocenters. The first-order valence-electron chi connectivity index (χ1n) is 10.8. The normalized spacial score (nSPS) is 12.2. The lowest BCUT2D eigenvalue weighted by atomic mass is 10.1. The molecule has 2 aromatic rings. The van der Waals surface area contributed by atoms with Gasteiger partial charge in [-0.2, -0.15) is 0 Å². The van der Waals surface area contributed by atoms with E-state index in [2.05, 4.69) is 5.32 Å². The van der Waals surface area contributed by atoms with Crippen LogP contribution in [0.1, 0.15) is 37.0 Å². The van der Waals surface area contributed by atoms with E-state index < -0.39 is 28.5 Å². The minimum absolute atomic E-state index is 0.183. The number of likely N-dealkylation sites (N-methyl/N-ethyl adjacent to an activating group) is 1. The zero-order valence-corrected chi connectivity index (χ0v) is 21.3. The topological polar surface area (TPSA) is 86.8 Å². The molecular weight excluding hydrogens is 462 g/mol. The second kappa shape index (κ2) is 11.5. The van der Waals surface area contributed by atoms with Gasteiger partial charge in [0.25, 0.3) is 0 Å². The monoisotopic (exact) mass is 493 g/mol. The van der Waals surface area contributed by atoms with Gasteiger partial charge in [-0.25, -0.2) is 8.42 Å². The number of anilines is 1. The van der Waals surface area contributed by atoms with Crippen molar-refractivity contribution in [1.82, 2.24) is 10.2 Å². The van der Waals surface area contributed by atoms with Crippen molar-refractivity contribution in [3.63, 3.8) is 0 Å². The molecule has 9 heteroatoms. The lowest BCUT2D eigenvalue weighted by Gasteiger charge is -2.33. The Hall–Kier alpha value is -2.58. The molecule has 1 N–H and O–H groups in total. The molecule has 0 aliphatic heterocycles. The van der Waals surface area contributed by atoms with Gasteiger partial charge in [0.15, 0.2) is 0 Å². The molecular formula is C24H32ClN3O4S. The van der Waals surface area contributed by atoms with Gasteiger partial charge >= 0.3 is 0 Å². The molecule has 0 saturated heterocycles. The van der Waals surface area contributed by atoms with E-state index in [1.807, 2.05) is 52.0 Å². The van der Waals surface area contributed by atoms with Crippen LogP contribution in [0.25, 0.3) is 0 Å². The highest BCUT2D eigenvalue weighted by atomic mass is 35.5. The number of nitrogens with zero attached hydrogens (tertiary/aromatic N) is 2. The zero-order valence-electron chi connectivity index (χ0n) is 19.8. The summed E-state index contributed by atoms with van der Waals surface area (Å²) in [5.74, 6) is -0.748. The Morgan fingerprint density at radius 3 is 2.33 bits per heavy atom. The molecule has 0 saturated carbocycles. The fraction of sp³-hybridized carbons (Fsp3) is 0.417. The van der Waals surface area contributed by atoms with E-state index in [0.29, 0.717) is 23.7 Å². The third-order valence-corrected chi connectivity index (χ3v) is 6.84. The molecule has 0 aliphatic rings. The van der Waals surface area contributed by atoms with E-state index in [1.165, 1.54) is 11.0 Å². The van der Waals surface area contributed by atoms with Crippen molar-refractivity contribution in [3.05, 3.63) is 64.2 Å². The van der Waals surface area contributed by atoms with Crippen LogP contribution in [0, 0.1) is 13.8 Å². The van der Waals surface area contributed by atoms with E-state index in [0.717, 1.165) is 27.3 Å². The number of hydrogen-bond acceptors (Lipinski definition) is 4. The molecule has 0 aliphatic carbocycles. The van der Waals surface area contributed by atoms with Gasteiger partial charge in [-0.3, -0.25) is 13.9 Å². The second-order valence-electron chi connectivity index (χ2n) is 8.03. The van der Waals surface area contributed by atoms with Crippen molar-refractivity contribution >= 4 is 39.1 Å². The zero-order chi connectivity index (χ0) is 24.8. The number of nitrogens with one attached hydrogen (secondary N) is 1. The summed E-state index contributed by atoms with van der Waals surface area (Å²) in [6, 6.07) is 11.8. The molecule has 2 amide bonds. The molecule has 180 valence electrons. The summed E-state index contributed by atoms with van der Waals surface area (Å²) in [6.07, 6.45) is 1.43. The molecule has 0 fully saturated rings. The van der Waals surface area contributed by atoms with Crippen LogP contribution in [-0.4, -0.2) is 50.5 Å². The third kappa shape index (κ3) is 7.20. The Balaban J connectivity index is 2.45. The average molecular weight is 494 g/mol. The molecule has 2 rings (SSSR count). The van der Waals surface area contributed by atoms with E-state index in [1.54, 1.807) is 12.1 Å². The van der Waals surface area contributed by atoms with E-state index in [-0.39, 0.29) is 12.5 Å². The summed E-state index contributed by atoms with van der Waals surface area (Å²) in [5, 5.41) is 3.18. The average Bonchev–Trinajstić information content (AvgIpc) is 2.73. The van der Waals surface area contributed by atoms with Gasteiger partial charge in [-0.05, 0) is 50.5 Å². The number of aryl methyl sites for hydroxylation is 2. The lowest BCUT2D eigenvalue weighted by Crippen LogP contribution is -2.52. The summed E-state index contributed by atoms with van der Waals surface area (Å²) in [4.78, 5) is 27.7. The van der Waals surface area contributed by atoms with Crippen molar-refractivity contribution in [1.29, 1.82) is 0 Å².